The Balaban J connectivity index is 1.97. The summed E-state index contributed by atoms with van der Waals surface area (Å²) < 4.78 is 0. The Kier molecular flexibility index (Phi) is 5.34. The summed E-state index contributed by atoms with van der Waals surface area (Å²) in [5.74, 6) is 4.05. The minimum absolute atomic E-state index is 0.970. The van der Waals surface area contributed by atoms with Crippen molar-refractivity contribution in [3.8, 4) is 0 Å². The average Bonchev–Trinajstić information content (AvgIpc) is 2.55. The second-order valence-electron chi connectivity index (χ2n) is 6.65. The quantitative estimate of drug-likeness (QED) is 0.724. The molecule has 0 spiro atoms. The van der Waals surface area contributed by atoms with Gasteiger partial charge >= 0.3 is 0 Å². The Labute approximate surface area is 108 Å². The van der Waals surface area contributed by atoms with E-state index in [9.17, 15) is 0 Å². The molecular formula is C16H31N. The predicted octanol–water partition coefficient (Wildman–Crippen LogP) is 4.23. The van der Waals surface area contributed by atoms with Crippen molar-refractivity contribution in [2.45, 2.75) is 64.7 Å². The molecule has 1 nitrogen and oxygen atoms in total. The summed E-state index contributed by atoms with van der Waals surface area (Å²) >= 11 is 0. The Morgan fingerprint density at radius 3 is 2.53 bits per heavy atom. The molecule has 4 unspecified atom stereocenters. The highest BCUT2D eigenvalue weighted by Gasteiger charge is 2.32. The van der Waals surface area contributed by atoms with Crippen molar-refractivity contribution in [1.82, 2.24) is 5.32 Å². The van der Waals surface area contributed by atoms with Crippen molar-refractivity contribution in [3.63, 3.8) is 0 Å². The summed E-state index contributed by atoms with van der Waals surface area (Å²) in [6, 6.07) is 0. The number of hydrogen-bond acceptors (Lipinski definition) is 1. The van der Waals surface area contributed by atoms with E-state index in [2.05, 4.69) is 19.3 Å². The Morgan fingerprint density at radius 1 is 0.941 bits per heavy atom. The van der Waals surface area contributed by atoms with Gasteiger partial charge in [0.2, 0.25) is 0 Å². The molecule has 17 heavy (non-hydrogen) atoms. The van der Waals surface area contributed by atoms with Crippen LogP contribution in [0.2, 0.25) is 0 Å². The number of hydrogen-bond donors (Lipinski definition) is 1. The van der Waals surface area contributed by atoms with Gasteiger partial charge in [-0.25, -0.2) is 0 Å². The van der Waals surface area contributed by atoms with Crippen LogP contribution in [-0.4, -0.2) is 13.6 Å². The minimum Gasteiger partial charge on any atom is -0.319 e. The van der Waals surface area contributed by atoms with E-state index in [-0.39, 0.29) is 0 Å². The molecule has 0 aromatic heterocycles. The van der Waals surface area contributed by atoms with Gasteiger partial charge in [0.25, 0.3) is 0 Å². The van der Waals surface area contributed by atoms with E-state index in [0.717, 1.165) is 23.7 Å². The Bertz CT molecular complexity index is 214. The fourth-order valence-electron chi connectivity index (χ4n) is 4.42. The van der Waals surface area contributed by atoms with Crippen LogP contribution in [0.4, 0.5) is 0 Å². The first-order valence-corrected chi connectivity index (χ1v) is 7.96. The number of nitrogens with one attached hydrogen (secondary N) is 1. The van der Waals surface area contributed by atoms with Gasteiger partial charge in [0.1, 0.15) is 0 Å². The van der Waals surface area contributed by atoms with E-state index in [1.807, 2.05) is 0 Å². The maximum absolute atomic E-state index is 3.45. The van der Waals surface area contributed by atoms with Crippen LogP contribution in [0.25, 0.3) is 0 Å². The maximum atomic E-state index is 3.45. The fourth-order valence-corrected chi connectivity index (χ4v) is 4.42. The van der Waals surface area contributed by atoms with E-state index >= 15 is 0 Å². The van der Waals surface area contributed by atoms with Gasteiger partial charge in [-0.2, -0.15) is 0 Å². The molecule has 2 fully saturated rings. The van der Waals surface area contributed by atoms with E-state index in [1.54, 1.807) is 0 Å². The van der Waals surface area contributed by atoms with Crippen LogP contribution in [-0.2, 0) is 0 Å². The van der Waals surface area contributed by atoms with E-state index in [4.69, 9.17) is 0 Å². The summed E-state index contributed by atoms with van der Waals surface area (Å²) in [5, 5.41) is 3.45. The summed E-state index contributed by atoms with van der Waals surface area (Å²) in [5.41, 5.74) is 0. The van der Waals surface area contributed by atoms with Gasteiger partial charge in [-0.1, -0.05) is 45.4 Å². The second-order valence-corrected chi connectivity index (χ2v) is 6.65. The highest BCUT2D eigenvalue weighted by Crippen LogP contribution is 2.41. The average molecular weight is 237 g/mol. The number of rotatable bonds is 3. The highest BCUT2D eigenvalue weighted by atomic mass is 14.8. The molecule has 0 aliphatic heterocycles. The fraction of sp³-hybridized carbons (Fsp3) is 1.00. The molecule has 0 heterocycles. The zero-order chi connectivity index (χ0) is 12.1. The lowest BCUT2D eigenvalue weighted by molar-refractivity contribution is 0.141. The standard InChI is InChI=1S/C16H31N/c1-13-7-6-9-14(11-13)16-10-5-3-4-8-15(16)12-17-2/h13-17H,3-12H2,1-2H3. The Hall–Kier alpha value is -0.0400. The lowest BCUT2D eigenvalue weighted by Crippen LogP contribution is -2.32. The lowest BCUT2D eigenvalue weighted by atomic mass is 9.69. The molecule has 0 radical (unpaired) electrons. The molecule has 100 valence electrons. The van der Waals surface area contributed by atoms with Crippen LogP contribution in [0.1, 0.15) is 64.7 Å². The molecule has 0 saturated heterocycles. The van der Waals surface area contributed by atoms with Crippen LogP contribution in [0.5, 0.6) is 0 Å². The van der Waals surface area contributed by atoms with Crippen molar-refractivity contribution < 1.29 is 0 Å². The highest BCUT2D eigenvalue weighted by molar-refractivity contribution is 4.84. The molecule has 1 heteroatoms. The van der Waals surface area contributed by atoms with Crippen molar-refractivity contribution in [1.29, 1.82) is 0 Å². The topological polar surface area (TPSA) is 12.0 Å². The van der Waals surface area contributed by atoms with Gasteiger partial charge in [-0.3, -0.25) is 0 Å². The van der Waals surface area contributed by atoms with E-state index in [0.29, 0.717) is 0 Å². The van der Waals surface area contributed by atoms with E-state index in [1.165, 1.54) is 64.3 Å². The molecule has 2 aliphatic rings. The van der Waals surface area contributed by atoms with Crippen molar-refractivity contribution in [3.05, 3.63) is 0 Å². The monoisotopic (exact) mass is 237 g/mol. The summed E-state index contributed by atoms with van der Waals surface area (Å²) in [6.07, 6.45) is 13.5. The molecular weight excluding hydrogens is 206 g/mol. The first-order valence-electron chi connectivity index (χ1n) is 7.96. The maximum Gasteiger partial charge on any atom is -0.00208 e. The largest absolute Gasteiger partial charge is 0.319 e. The summed E-state index contributed by atoms with van der Waals surface area (Å²) in [4.78, 5) is 0. The predicted molar refractivity (Wildman–Crippen MR) is 75.1 cm³/mol. The van der Waals surface area contributed by atoms with Gasteiger partial charge in [0.15, 0.2) is 0 Å². The van der Waals surface area contributed by atoms with Gasteiger partial charge in [-0.15, -0.1) is 0 Å². The van der Waals surface area contributed by atoms with Crippen LogP contribution < -0.4 is 5.32 Å². The molecule has 2 saturated carbocycles. The van der Waals surface area contributed by atoms with Gasteiger partial charge in [0.05, 0.1) is 0 Å². The molecule has 0 aromatic rings. The zero-order valence-corrected chi connectivity index (χ0v) is 11.9. The molecule has 0 aromatic carbocycles. The van der Waals surface area contributed by atoms with Crippen LogP contribution in [0.3, 0.4) is 0 Å². The SMILES string of the molecule is CNCC1CCCCCC1C1CCCC(C)C1. The first kappa shape index (κ1) is 13.4. The van der Waals surface area contributed by atoms with Crippen molar-refractivity contribution in [2.75, 3.05) is 13.6 Å². The van der Waals surface area contributed by atoms with Crippen molar-refractivity contribution >= 4 is 0 Å². The second kappa shape index (κ2) is 6.78. The molecule has 2 aliphatic carbocycles. The lowest BCUT2D eigenvalue weighted by Gasteiger charge is -2.37. The third kappa shape index (κ3) is 3.71. The third-order valence-corrected chi connectivity index (χ3v) is 5.27. The third-order valence-electron chi connectivity index (χ3n) is 5.27. The smallest absolute Gasteiger partial charge is 0.00208 e. The van der Waals surface area contributed by atoms with Gasteiger partial charge in [0, 0.05) is 0 Å². The first-order chi connectivity index (χ1) is 8.31. The van der Waals surface area contributed by atoms with Gasteiger partial charge in [-0.05, 0) is 56.5 Å². The molecule has 1 N–H and O–H groups in total. The zero-order valence-electron chi connectivity index (χ0n) is 11.9. The minimum atomic E-state index is 0.970. The van der Waals surface area contributed by atoms with E-state index < -0.39 is 0 Å². The molecule has 0 amide bonds. The van der Waals surface area contributed by atoms with Crippen molar-refractivity contribution in [2.24, 2.45) is 23.7 Å². The Morgan fingerprint density at radius 2 is 1.76 bits per heavy atom. The molecule has 4 atom stereocenters. The van der Waals surface area contributed by atoms with Gasteiger partial charge < -0.3 is 5.32 Å². The summed E-state index contributed by atoms with van der Waals surface area (Å²) in [7, 11) is 2.13. The normalized spacial score (nSPS) is 39.9. The summed E-state index contributed by atoms with van der Waals surface area (Å²) in [6.45, 7) is 3.73. The van der Waals surface area contributed by atoms with Crippen LogP contribution in [0, 0.1) is 23.7 Å². The van der Waals surface area contributed by atoms with Crippen LogP contribution in [0.15, 0.2) is 0 Å². The molecule has 2 rings (SSSR count). The van der Waals surface area contributed by atoms with Crippen LogP contribution >= 0.6 is 0 Å². The molecule has 0 bridgehead atoms.